The summed E-state index contributed by atoms with van der Waals surface area (Å²) in [6.45, 7) is 0. The maximum absolute atomic E-state index is 15.3. The van der Waals surface area contributed by atoms with Crippen LogP contribution in [0.2, 0.25) is 0 Å². The molecule has 2 saturated carbocycles. The number of carbonyl (C=O) groups excluding carboxylic acids is 4. The molecule has 1 aliphatic heterocycles. The second kappa shape index (κ2) is 11.8. The van der Waals surface area contributed by atoms with Gasteiger partial charge >= 0.3 is 0 Å². The third-order valence-electron chi connectivity index (χ3n) is 12.6. The Hall–Kier alpha value is -5.10. The summed E-state index contributed by atoms with van der Waals surface area (Å²) < 4.78 is 0. The summed E-state index contributed by atoms with van der Waals surface area (Å²) in [6, 6.07) is 30.1. The van der Waals surface area contributed by atoms with Crippen molar-refractivity contribution in [3.8, 4) is 5.75 Å². The Kier molecular flexibility index (Phi) is 7.27. The van der Waals surface area contributed by atoms with Crippen LogP contribution in [0.25, 0.3) is 16.3 Å². The van der Waals surface area contributed by atoms with Gasteiger partial charge in [-0.15, -0.1) is 0 Å². The lowest BCUT2D eigenvalue weighted by Crippen LogP contribution is -2.59. The maximum Gasteiger partial charge on any atom is 0.233 e. The first-order valence-electron chi connectivity index (χ1n) is 18.1. The fourth-order valence-corrected chi connectivity index (χ4v) is 10.5. The van der Waals surface area contributed by atoms with Crippen molar-refractivity contribution in [2.24, 2.45) is 23.7 Å². The molecule has 5 aliphatic rings. The average Bonchev–Trinajstić information content (AvgIpc) is 3.42. The third kappa shape index (κ3) is 4.33. The average molecular weight is 662 g/mol. The molecule has 0 bridgehead atoms. The van der Waals surface area contributed by atoms with E-state index in [4.69, 9.17) is 0 Å². The predicted molar refractivity (Wildman–Crippen MR) is 191 cm³/mol. The molecule has 4 aliphatic carbocycles. The first-order chi connectivity index (χ1) is 24.4. The molecular weight excluding hydrogens is 622 g/mol. The number of phenolic OH excluding ortho intramolecular Hbond substituents is 1. The summed E-state index contributed by atoms with van der Waals surface area (Å²) in [5, 5.41) is 12.5. The molecule has 0 aromatic heterocycles. The molecule has 4 aromatic rings. The molecule has 0 radical (unpaired) electrons. The molecule has 1 saturated heterocycles. The van der Waals surface area contributed by atoms with E-state index in [1.165, 1.54) is 0 Å². The van der Waals surface area contributed by atoms with Crippen molar-refractivity contribution in [3.63, 3.8) is 0 Å². The van der Waals surface area contributed by atoms with Gasteiger partial charge in [0.05, 0.1) is 17.3 Å². The van der Waals surface area contributed by atoms with Crippen molar-refractivity contribution in [2.75, 3.05) is 0 Å². The lowest BCUT2D eigenvalue weighted by Gasteiger charge is -2.55. The van der Waals surface area contributed by atoms with Crippen molar-refractivity contribution in [2.45, 2.75) is 62.3 Å². The number of rotatable bonds is 4. The second-order valence-electron chi connectivity index (χ2n) is 14.8. The summed E-state index contributed by atoms with van der Waals surface area (Å²) in [4.78, 5) is 60.8. The second-order valence-corrected chi connectivity index (χ2v) is 14.8. The van der Waals surface area contributed by atoms with E-state index >= 15 is 9.59 Å². The van der Waals surface area contributed by atoms with Crippen LogP contribution in [-0.2, 0) is 24.6 Å². The van der Waals surface area contributed by atoms with Crippen LogP contribution in [0.4, 0.5) is 0 Å². The number of ketones is 2. The lowest BCUT2D eigenvalue weighted by atomic mass is 9.44. The summed E-state index contributed by atoms with van der Waals surface area (Å²) in [6.07, 6.45) is 9.19. The van der Waals surface area contributed by atoms with Gasteiger partial charge in [0.2, 0.25) is 11.8 Å². The zero-order chi connectivity index (χ0) is 34.1. The van der Waals surface area contributed by atoms with E-state index in [-0.39, 0.29) is 35.2 Å². The van der Waals surface area contributed by atoms with Crippen LogP contribution in [0, 0.1) is 23.7 Å². The predicted octanol–water partition coefficient (Wildman–Crippen LogP) is 7.70. The van der Waals surface area contributed by atoms with E-state index < -0.39 is 35.0 Å². The molecule has 1 heterocycles. The Labute approximate surface area is 291 Å². The van der Waals surface area contributed by atoms with Gasteiger partial charge in [0.25, 0.3) is 0 Å². The number of allylic oxidation sites excluding steroid dienone is 4. The number of benzene rings is 4. The van der Waals surface area contributed by atoms with Gasteiger partial charge in [-0.3, -0.25) is 24.1 Å². The minimum atomic E-state index is -1.31. The summed E-state index contributed by atoms with van der Waals surface area (Å²) in [5.41, 5.74) is 2.32. The number of aromatic hydroxyl groups is 1. The van der Waals surface area contributed by atoms with Gasteiger partial charge in [0, 0.05) is 28.8 Å². The molecule has 0 unspecified atom stereocenters. The highest BCUT2D eigenvalue weighted by Gasteiger charge is 2.66. The topological polar surface area (TPSA) is 91.8 Å². The van der Waals surface area contributed by atoms with Crippen LogP contribution in [0.5, 0.6) is 5.75 Å². The lowest BCUT2D eigenvalue weighted by molar-refractivity contribution is -0.144. The molecule has 2 amide bonds. The van der Waals surface area contributed by atoms with E-state index in [9.17, 15) is 14.7 Å². The summed E-state index contributed by atoms with van der Waals surface area (Å²) in [7, 11) is 0. The Morgan fingerprint density at radius 3 is 2.12 bits per heavy atom. The fourth-order valence-electron chi connectivity index (χ4n) is 10.5. The van der Waals surface area contributed by atoms with Gasteiger partial charge in [0.15, 0.2) is 11.6 Å². The van der Waals surface area contributed by atoms with Crippen molar-refractivity contribution in [3.05, 3.63) is 131 Å². The molecule has 3 fully saturated rings. The smallest absolute Gasteiger partial charge is 0.233 e. The largest absolute Gasteiger partial charge is 0.507 e. The first-order valence-corrected chi connectivity index (χ1v) is 18.1. The molecule has 4 aromatic carbocycles. The van der Waals surface area contributed by atoms with Gasteiger partial charge in [0.1, 0.15) is 5.75 Å². The number of likely N-dealkylation sites (tertiary alicyclic amines) is 1. The Morgan fingerprint density at radius 2 is 1.38 bits per heavy atom. The van der Waals surface area contributed by atoms with E-state index in [2.05, 4.69) is 6.08 Å². The number of fused-ring (bicyclic) bond motifs is 5. The number of imide groups is 1. The molecule has 250 valence electrons. The van der Waals surface area contributed by atoms with Crippen LogP contribution in [0.15, 0.2) is 115 Å². The van der Waals surface area contributed by atoms with Crippen LogP contribution in [0.1, 0.15) is 67.6 Å². The maximum atomic E-state index is 15.3. The van der Waals surface area contributed by atoms with Gasteiger partial charge in [-0.1, -0.05) is 122 Å². The van der Waals surface area contributed by atoms with E-state index in [0.717, 1.165) is 54.2 Å². The van der Waals surface area contributed by atoms with E-state index in [1.807, 2.05) is 91.0 Å². The Morgan fingerprint density at radius 1 is 0.700 bits per heavy atom. The standard InChI is InChI=1S/C44H39NO5/c46-37-23-22-31(29-18-10-11-19-30(29)37)40-32-20-21-33-39(43(50)45(42(33)49)28-16-8-3-9-17-28)35(32)24-36-41(48)34(26-12-4-1-5-13-26)25-38(47)44(36,40)27-14-6-2-7-15-27/h1-2,4-7,10-15,18-20,22-23,25,28,33,35-36,39-40,46H,3,8-9,16-17,21,24H2/t33-,35+,36-,39-,40-,44-/m0/s1. The first kappa shape index (κ1) is 30.9. The molecule has 50 heavy (non-hydrogen) atoms. The highest BCUT2D eigenvalue weighted by Crippen LogP contribution is 2.64. The quantitative estimate of drug-likeness (QED) is 0.179. The number of hydrogen-bond acceptors (Lipinski definition) is 5. The molecule has 9 rings (SSSR count). The highest BCUT2D eigenvalue weighted by molar-refractivity contribution is 6.31. The number of Topliss-reactive ketones (excluding diaryl/α,β-unsaturated/α-hetero) is 1. The van der Waals surface area contributed by atoms with Crippen molar-refractivity contribution < 1.29 is 24.3 Å². The number of phenols is 1. The molecule has 1 N–H and O–H groups in total. The number of carbonyl (C=O) groups is 4. The third-order valence-corrected chi connectivity index (χ3v) is 12.6. The van der Waals surface area contributed by atoms with Crippen molar-refractivity contribution >= 4 is 39.7 Å². The zero-order valence-corrected chi connectivity index (χ0v) is 27.8. The molecule has 0 spiro atoms. The van der Waals surface area contributed by atoms with E-state index in [0.29, 0.717) is 29.4 Å². The molecule has 6 atom stereocenters. The van der Waals surface area contributed by atoms with Gasteiger partial charge in [-0.25, -0.2) is 0 Å². The van der Waals surface area contributed by atoms with Crippen molar-refractivity contribution in [1.29, 1.82) is 0 Å². The minimum Gasteiger partial charge on any atom is -0.507 e. The fraction of sp³-hybridized carbons (Fsp3) is 0.318. The van der Waals surface area contributed by atoms with Crippen molar-refractivity contribution in [1.82, 2.24) is 4.90 Å². The minimum absolute atomic E-state index is 0.0767. The van der Waals surface area contributed by atoms with Crippen LogP contribution in [-0.4, -0.2) is 39.4 Å². The van der Waals surface area contributed by atoms with Crippen LogP contribution >= 0.6 is 0 Å². The van der Waals surface area contributed by atoms with Gasteiger partial charge in [-0.2, -0.15) is 0 Å². The molecule has 6 heteroatoms. The number of amides is 2. The summed E-state index contributed by atoms with van der Waals surface area (Å²) in [5.74, 6) is -3.18. The Bertz CT molecular complexity index is 2130. The highest BCUT2D eigenvalue weighted by atomic mass is 16.3. The molecular formula is C44H39NO5. The normalized spacial score (nSPS) is 29.7. The SMILES string of the molecule is O=C1C(c2ccccc2)=CC(=O)[C@@]2(c3ccccc3)[C@@H](c3ccc(O)c4ccccc34)C3=CC[C@@H]4C(=O)N(C5CCCCC5)C(=O)[C@@H]4[C@@H]3C[C@@H]12. The van der Waals surface area contributed by atoms with Crippen LogP contribution in [0.3, 0.4) is 0 Å². The van der Waals surface area contributed by atoms with E-state index in [1.54, 1.807) is 17.0 Å². The Balaban J connectivity index is 1.30. The number of hydrogen-bond donors (Lipinski definition) is 1. The molecule has 6 nitrogen and oxygen atoms in total. The number of nitrogens with zero attached hydrogens (tertiary/aromatic N) is 1. The monoisotopic (exact) mass is 661 g/mol. The zero-order valence-electron chi connectivity index (χ0n) is 27.8. The van der Waals surface area contributed by atoms with Gasteiger partial charge < -0.3 is 5.11 Å². The van der Waals surface area contributed by atoms with Gasteiger partial charge in [-0.05, 0) is 65.8 Å². The summed E-state index contributed by atoms with van der Waals surface area (Å²) >= 11 is 0. The van der Waals surface area contributed by atoms with Crippen LogP contribution < -0.4 is 0 Å².